The lowest BCUT2D eigenvalue weighted by atomic mass is 10.1. The standard InChI is InChI=1S/C22H26FN3O3/c1-29-20-4-2-3-17(15-20)5-10-21(27)24-16-22(28)26-13-11-25(12-14-26)19-8-6-18(23)7-9-19/h2-4,6-9,15H,5,10-14,16H2,1H3,(H,24,27). The number of hydrogen-bond acceptors (Lipinski definition) is 4. The maximum Gasteiger partial charge on any atom is 0.242 e. The maximum absolute atomic E-state index is 13.0. The highest BCUT2D eigenvalue weighted by Crippen LogP contribution is 2.17. The second kappa shape index (κ2) is 9.91. The molecule has 1 heterocycles. The molecule has 1 aliphatic heterocycles. The number of benzene rings is 2. The molecule has 1 saturated heterocycles. The van der Waals surface area contributed by atoms with E-state index in [2.05, 4.69) is 10.2 Å². The number of aryl methyl sites for hydroxylation is 1. The molecule has 2 amide bonds. The minimum Gasteiger partial charge on any atom is -0.497 e. The Kier molecular flexibility index (Phi) is 7.05. The van der Waals surface area contributed by atoms with Gasteiger partial charge in [0.05, 0.1) is 13.7 Å². The lowest BCUT2D eigenvalue weighted by molar-refractivity contribution is -0.133. The smallest absolute Gasteiger partial charge is 0.242 e. The number of piperazine rings is 1. The van der Waals surface area contributed by atoms with Crippen molar-refractivity contribution in [3.63, 3.8) is 0 Å². The Bertz CT molecular complexity index is 833. The first-order chi connectivity index (χ1) is 14.0. The van der Waals surface area contributed by atoms with Crippen LogP contribution in [0.2, 0.25) is 0 Å². The fraction of sp³-hybridized carbons (Fsp3) is 0.364. The molecule has 2 aromatic carbocycles. The number of amides is 2. The van der Waals surface area contributed by atoms with Gasteiger partial charge in [0.15, 0.2) is 0 Å². The fourth-order valence-electron chi connectivity index (χ4n) is 3.33. The van der Waals surface area contributed by atoms with Crippen molar-refractivity contribution in [2.24, 2.45) is 0 Å². The number of nitrogens with one attached hydrogen (secondary N) is 1. The van der Waals surface area contributed by atoms with Crippen LogP contribution >= 0.6 is 0 Å². The molecule has 7 heteroatoms. The molecule has 29 heavy (non-hydrogen) atoms. The van der Waals surface area contributed by atoms with Crippen molar-refractivity contribution in [3.8, 4) is 5.75 Å². The summed E-state index contributed by atoms with van der Waals surface area (Å²) in [7, 11) is 1.61. The number of halogens is 1. The molecule has 0 radical (unpaired) electrons. The van der Waals surface area contributed by atoms with Crippen molar-refractivity contribution in [3.05, 3.63) is 59.9 Å². The van der Waals surface area contributed by atoms with E-state index < -0.39 is 0 Å². The van der Waals surface area contributed by atoms with E-state index in [0.717, 1.165) is 17.0 Å². The van der Waals surface area contributed by atoms with Crippen molar-refractivity contribution in [1.29, 1.82) is 0 Å². The van der Waals surface area contributed by atoms with Gasteiger partial charge in [-0.3, -0.25) is 9.59 Å². The van der Waals surface area contributed by atoms with Gasteiger partial charge in [0, 0.05) is 38.3 Å². The van der Waals surface area contributed by atoms with E-state index in [4.69, 9.17) is 4.74 Å². The summed E-state index contributed by atoms with van der Waals surface area (Å²) in [5.74, 6) is 0.271. The van der Waals surface area contributed by atoms with Gasteiger partial charge in [0.1, 0.15) is 11.6 Å². The molecule has 1 fully saturated rings. The Morgan fingerprint density at radius 2 is 1.79 bits per heavy atom. The zero-order valence-corrected chi connectivity index (χ0v) is 16.6. The second-order valence-corrected chi connectivity index (χ2v) is 6.97. The molecule has 0 unspecified atom stereocenters. The first-order valence-corrected chi connectivity index (χ1v) is 9.73. The van der Waals surface area contributed by atoms with Crippen LogP contribution < -0.4 is 15.0 Å². The highest BCUT2D eigenvalue weighted by Gasteiger charge is 2.21. The zero-order valence-electron chi connectivity index (χ0n) is 16.6. The SMILES string of the molecule is COc1cccc(CCC(=O)NCC(=O)N2CCN(c3ccc(F)cc3)CC2)c1. The molecule has 1 N–H and O–H groups in total. The van der Waals surface area contributed by atoms with Gasteiger partial charge in [0.25, 0.3) is 0 Å². The van der Waals surface area contributed by atoms with Crippen LogP contribution in [0.15, 0.2) is 48.5 Å². The molecule has 0 aliphatic carbocycles. The Labute approximate surface area is 170 Å². The van der Waals surface area contributed by atoms with E-state index in [-0.39, 0.29) is 24.2 Å². The Morgan fingerprint density at radius 1 is 1.07 bits per heavy atom. The lowest BCUT2D eigenvalue weighted by Crippen LogP contribution is -2.51. The van der Waals surface area contributed by atoms with Crippen LogP contribution in [0, 0.1) is 5.82 Å². The minimum absolute atomic E-state index is 0.00743. The summed E-state index contributed by atoms with van der Waals surface area (Å²) in [5.41, 5.74) is 1.96. The molecule has 0 saturated carbocycles. The number of rotatable bonds is 7. The van der Waals surface area contributed by atoms with Gasteiger partial charge in [-0.25, -0.2) is 4.39 Å². The lowest BCUT2D eigenvalue weighted by Gasteiger charge is -2.36. The molecule has 0 spiro atoms. The third-order valence-electron chi connectivity index (χ3n) is 5.04. The molecule has 0 bridgehead atoms. The summed E-state index contributed by atoms with van der Waals surface area (Å²) in [6.07, 6.45) is 0.909. The van der Waals surface area contributed by atoms with E-state index in [1.807, 2.05) is 24.3 Å². The van der Waals surface area contributed by atoms with Gasteiger partial charge in [-0.15, -0.1) is 0 Å². The predicted octanol–water partition coefficient (Wildman–Crippen LogP) is 2.23. The molecule has 6 nitrogen and oxygen atoms in total. The summed E-state index contributed by atoms with van der Waals surface area (Å²) < 4.78 is 18.2. The summed E-state index contributed by atoms with van der Waals surface area (Å²) in [4.78, 5) is 28.3. The minimum atomic E-state index is -0.260. The van der Waals surface area contributed by atoms with E-state index in [9.17, 15) is 14.0 Å². The summed E-state index contributed by atoms with van der Waals surface area (Å²) in [6, 6.07) is 14.0. The summed E-state index contributed by atoms with van der Waals surface area (Å²) in [5, 5.41) is 2.71. The highest BCUT2D eigenvalue weighted by molar-refractivity contribution is 5.85. The molecule has 0 atom stereocenters. The van der Waals surface area contributed by atoms with Crippen LogP contribution in [-0.2, 0) is 16.0 Å². The maximum atomic E-state index is 13.0. The Balaban J connectivity index is 1.38. The fourth-order valence-corrected chi connectivity index (χ4v) is 3.33. The van der Waals surface area contributed by atoms with Crippen LogP contribution in [0.3, 0.4) is 0 Å². The largest absolute Gasteiger partial charge is 0.497 e. The number of anilines is 1. The van der Waals surface area contributed by atoms with Crippen LogP contribution in [0.25, 0.3) is 0 Å². The van der Waals surface area contributed by atoms with E-state index in [1.54, 1.807) is 24.1 Å². The summed E-state index contributed by atoms with van der Waals surface area (Å²) >= 11 is 0. The van der Waals surface area contributed by atoms with Gasteiger partial charge < -0.3 is 19.9 Å². The number of methoxy groups -OCH3 is 1. The number of carbonyl (C=O) groups excluding carboxylic acids is 2. The Hall–Kier alpha value is -3.09. The van der Waals surface area contributed by atoms with Gasteiger partial charge in [0.2, 0.25) is 11.8 Å². The van der Waals surface area contributed by atoms with Crippen molar-refractivity contribution in [1.82, 2.24) is 10.2 Å². The highest BCUT2D eigenvalue weighted by atomic mass is 19.1. The quantitative estimate of drug-likeness (QED) is 0.776. The monoisotopic (exact) mass is 399 g/mol. The van der Waals surface area contributed by atoms with Crippen LogP contribution in [0.4, 0.5) is 10.1 Å². The molecule has 1 aliphatic rings. The van der Waals surface area contributed by atoms with Crippen LogP contribution in [0.5, 0.6) is 5.75 Å². The van der Waals surface area contributed by atoms with Gasteiger partial charge >= 0.3 is 0 Å². The first-order valence-electron chi connectivity index (χ1n) is 9.73. The van der Waals surface area contributed by atoms with Gasteiger partial charge in [-0.05, 0) is 48.4 Å². The van der Waals surface area contributed by atoms with Gasteiger partial charge in [-0.2, -0.15) is 0 Å². The summed E-state index contributed by atoms with van der Waals surface area (Å²) in [6.45, 7) is 2.53. The molecule has 3 rings (SSSR count). The van der Waals surface area contributed by atoms with Crippen LogP contribution in [-0.4, -0.2) is 56.5 Å². The number of ether oxygens (including phenoxy) is 1. The third-order valence-corrected chi connectivity index (χ3v) is 5.04. The van der Waals surface area contributed by atoms with Crippen molar-refractivity contribution in [2.45, 2.75) is 12.8 Å². The first kappa shape index (κ1) is 20.6. The normalized spacial score (nSPS) is 13.9. The predicted molar refractivity (Wildman–Crippen MR) is 110 cm³/mol. The van der Waals surface area contributed by atoms with Crippen LogP contribution in [0.1, 0.15) is 12.0 Å². The molecule has 0 aromatic heterocycles. The number of nitrogens with zero attached hydrogens (tertiary/aromatic N) is 2. The van der Waals surface area contributed by atoms with Gasteiger partial charge in [-0.1, -0.05) is 12.1 Å². The average Bonchev–Trinajstić information content (AvgIpc) is 2.77. The number of carbonyl (C=O) groups is 2. The van der Waals surface area contributed by atoms with Crippen molar-refractivity contribution < 1.29 is 18.7 Å². The van der Waals surface area contributed by atoms with E-state index in [0.29, 0.717) is 39.0 Å². The van der Waals surface area contributed by atoms with E-state index >= 15 is 0 Å². The zero-order chi connectivity index (χ0) is 20.6. The topological polar surface area (TPSA) is 61.9 Å². The molecular weight excluding hydrogens is 373 g/mol. The van der Waals surface area contributed by atoms with Crippen molar-refractivity contribution >= 4 is 17.5 Å². The molecular formula is C22H26FN3O3. The number of hydrogen-bond donors (Lipinski definition) is 1. The average molecular weight is 399 g/mol. The van der Waals surface area contributed by atoms with Crippen molar-refractivity contribution in [2.75, 3.05) is 44.7 Å². The Morgan fingerprint density at radius 3 is 2.48 bits per heavy atom. The third kappa shape index (κ3) is 5.94. The second-order valence-electron chi connectivity index (χ2n) is 6.97. The molecule has 2 aromatic rings. The molecule has 154 valence electrons. The van der Waals surface area contributed by atoms with E-state index in [1.165, 1.54) is 12.1 Å².